The van der Waals surface area contributed by atoms with Crippen molar-refractivity contribution < 1.29 is 57.8 Å². The first-order valence-electron chi connectivity index (χ1n) is 34.5. The lowest BCUT2D eigenvalue weighted by Crippen LogP contribution is -2.61. The number of amides is 10. The maximum absolute atomic E-state index is 14.5. The van der Waals surface area contributed by atoms with Gasteiger partial charge >= 0.3 is 5.97 Å². The van der Waals surface area contributed by atoms with Crippen LogP contribution >= 0.6 is 0 Å². The second-order valence-corrected chi connectivity index (χ2v) is 24.9. The van der Waals surface area contributed by atoms with Crippen LogP contribution in [-0.2, 0) is 52.7 Å². The number of nitrogens with two attached hydrogens (primary N) is 11. The molecule has 0 rings (SSSR count). The Balaban J connectivity index is 7.02. The molecule has 0 aromatic carbocycles. The summed E-state index contributed by atoms with van der Waals surface area (Å²) < 4.78 is 0. The van der Waals surface area contributed by atoms with Gasteiger partial charge < -0.3 is 121 Å². The molecule has 0 saturated carbocycles. The molecule has 0 aromatic rings. The molecule has 0 aliphatic carbocycles. The Morgan fingerprint density at radius 2 is 0.606 bits per heavy atom. The van der Waals surface area contributed by atoms with E-state index in [-0.39, 0.29) is 140 Å². The number of hydrogen-bond acceptors (Lipinski definition) is 18. The summed E-state index contributed by atoms with van der Waals surface area (Å²) in [6.07, 6.45) is 7.80. The molecule has 0 spiro atoms. The fourth-order valence-corrected chi connectivity index (χ4v) is 9.97. The lowest BCUT2D eigenvalue weighted by molar-refractivity contribution is -0.142. The Kier molecular flexibility index (Phi) is 48.4. The third kappa shape index (κ3) is 42.5. The minimum absolute atomic E-state index is 0.00354. The average Bonchev–Trinajstić information content (AvgIpc) is 0.859. The number of rotatable bonds is 56. The predicted octanol–water partition coefficient (Wildman–Crippen LogP) is -5.18. The monoisotopic (exact) mass is 1410 g/mol. The second-order valence-electron chi connectivity index (χ2n) is 24.9. The number of nitrogens with one attached hydrogen (secondary N) is 10. The van der Waals surface area contributed by atoms with Crippen molar-refractivity contribution in [3.05, 3.63) is 0 Å². The van der Waals surface area contributed by atoms with Gasteiger partial charge in [0.05, 0.1) is 6.54 Å². The van der Waals surface area contributed by atoms with Crippen LogP contribution in [0.15, 0.2) is 20.0 Å². The fraction of sp³-hybridized carbons (Fsp3) is 0.758. The van der Waals surface area contributed by atoms with Gasteiger partial charge in [-0.2, -0.15) is 0 Å². The molecule has 566 valence electrons. The Bertz CT molecular complexity index is 2590. The highest BCUT2D eigenvalue weighted by atomic mass is 16.4. The number of carbonyl (C=O) groups excluding carboxylic acids is 10. The van der Waals surface area contributed by atoms with Crippen LogP contribution in [0.5, 0.6) is 0 Å². The minimum Gasteiger partial charge on any atom is -0.480 e. The van der Waals surface area contributed by atoms with Gasteiger partial charge in [-0.15, -0.1) is 0 Å². The Morgan fingerprint density at radius 3 is 0.949 bits per heavy atom. The van der Waals surface area contributed by atoms with Gasteiger partial charge in [0.25, 0.3) is 0 Å². The van der Waals surface area contributed by atoms with Gasteiger partial charge in [0.2, 0.25) is 59.1 Å². The summed E-state index contributed by atoms with van der Waals surface area (Å²) in [6, 6.07) is -11.8. The lowest BCUT2D eigenvalue weighted by atomic mass is 9.98. The maximum atomic E-state index is 14.5. The zero-order valence-corrected chi connectivity index (χ0v) is 58.8. The van der Waals surface area contributed by atoms with E-state index in [4.69, 9.17) is 63.1 Å². The maximum Gasteiger partial charge on any atom is 0.326 e. The molecule has 0 heterocycles. The summed E-state index contributed by atoms with van der Waals surface area (Å²) in [5, 5.41) is 36.5. The van der Waals surface area contributed by atoms with Crippen LogP contribution in [-0.4, -0.2) is 201 Å². The van der Waals surface area contributed by atoms with Crippen molar-refractivity contribution in [2.24, 2.45) is 94.9 Å². The standard InChI is InChI=1S/C62H121N25O12/c1-6-7-8-9-10-28-46(88)79-39(24-17-32-74-59(66)67)50(90)78-36-47(89)80-40(25-18-33-75-60(68)69)51(91)82-42(22-12-15-30-64)55(95)86-49(38(4)5)57(97)87-48(37(2)3)56(96)84-44(27-20-35-77-62(72)73)53(93)83-43(26-19-34-76-61(70)71)52(92)81-41(21-11-14-29-63)54(94)85-45(58(98)99)23-13-16-31-65/h37-45,48-49H,6-36,63-65H2,1-5H3,(H,78,90)(H,79,88)(H,80,89)(H,81,92)(H,82,91)(H,83,93)(H,84,96)(H,85,94)(H,86,95)(H,87,97)(H,98,99)(H4,66,67,74)(H4,68,69,75)(H4,70,71,76)(H4,72,73,77)/t39-,40-,41-,42-,43-,44-,45-,48-,49-/m0/s1. The molecule has 0 aliphatic heterocycles. The van der Waals surface area contributed by atoms with Gasteiger partial charge in [-0.25, -0.2) is 4.79 Å². The van der Waals surface area contributed by atoms with Crippen LogP contribution in [0, 0.1) is 11.8 Å². The van der Waals surface area contributed by atoms with Crippen molar-refractivity contribution in [2.75, 3.05) is 52.4 Å². The summed E-state index contributed by atoms with van der Waals surface area (Å²) in [4.78, 5) is 168. The number of hydrogen-bond donors (Lipinski definition) is 22. The van der Waals surface area contributed by atoms with E-state index in [2.05, 4.69) is 80.1 Å². The zero-order chi connectivity index (χ0) is 74.8. The number of unbranched alkanes of at least 4 members (excludes halogenated alkanes) is 7. The topological polar surface area (TPSA) is 664 Å². The second kappa shape index (κ2) is 53.1. The molecule has 10 amide bonds. The Hall–Kier alpha value is -8.87. The van der Waals surface area contributed by atoms with Crippen molar-refractivity contribution in [3.8, 4) is 0 Å². The van der Waals surface area contributed by atoms with E-state index in [1.165, 1.54) is 0 Å². The first-order valence-corrected chi connectivity index (χ1v) is 34.5. The molecule has 0 aromatic heterocycles. The molecule has 0 aliphatic rings. The molecule has 0 fully saturated rings. The van der Waals surface area contributed by atoms with Crippen LogP contribution in [0.4, 0.5) is 0 Å². The largest absolute Gasteiger partial charge is 0.480 e. The van der Waals surface area contributed by atoms with Gasteiger partial charge in [0.1, 0.15) is 54.4 Å². The quantitative estimate of drug-likeness (QED) is 0.0154. The van der Waals surface area contributed by atoms with Crippen molar-refractivity contribution in [3.63, 3.8) is 0 Å². The summed E-state index contributed by atoms with van der Waals surface area (Å²) in [7, 11) is 0. The highest BCUT2D eigenvalue weighted by molar-refractivity contribution is 5.98. The Morgan fingerprint density at radius 1 is 0.323 bits per heavy atom. The van der Waals surface area contributed by atoms with Crippen LogP contribution in [0.3, 0.4) is 0 Å². The highest BCUT2D eigenvalue weighted by Gasteiger charge is 2.37. The van der Waals surface area contributed by atoms with E-state index >= 15 is 0 Å². The molecule has 0 bridgehead atoms. The molecule has 37 heteroatoms. The van der Waals surface area contributed by atoms with E-state index in [0.29, 0.717) is 57.9 Å². The third-order valence-electron chi connectivity index (χ3n) is 15.5. The lowest BCUT2D eigenvalue weighted by Gasteiger charge is -2.30. The van der Waals surface area contributed by atoms with Crippen molar-refractivity contribution in [1.82, 2.24) is 53.2 Å². The minimum atomic E-state index is -1.43. The first kappa shape index (κ1) is 90.1. The van der Waals surface area contributed by atoms with Crippen molar-refractivity contribution in [2.45, 2.75) is 237 Å². The number of aliphatic imine (C=N–C) groups is 4. The number of carbonyl (C=O) groups is 11. The average molecular weight is 1410 g/mol. The van der Waals surface area contributed by atoms with Gasteiger partial charge in [-0.3, -0.25) is 67.9 Å². The van der Waals surface area contributed by atoms with E-state index in [1.54, 1.807) is 27.7 Å². The number of nitrogens with zero attached hydrogens (tertiary/aromatic N) is 4. The fourth-order valence-electron chi connectivity index (χ4n) is 9.97. The SMILES string of the molecule is CCCCCCCC(=O)N[C@@H](CCCN=C(N)N)C(=O)NCC(=O)N[C@@H](CCCN=C(N)N)C(=O)N[C@@H](CCCCN)C(=O)N[C@H](C(=O)N[C@H](C(=O)N[C@@H](CCCN=C(N)N)C(=O)N[C@@H](CCCN=C(N)N)C(=O)N[C@@H](CCCCN)C(=O)N[C@@H](CCCCN)C(=O)O)C(C)C)C(C)C. The highest BCUT2D eigenvalue weighted by Crippen LogP contribution is 2.14. The van der Waals surface area contributed by atoms with Crippen LogP contribution in [0.1, 0.15) is 182 Å². The third-order valence-corrected chi connectivity index (χ3v) is 15.5. The van der Waals surface area contributed by atoms with Gasteiger partial charge in [-0.05, 0) is 147 Å². The number of aliphatic carboxylic acids is 1. The van der Waals surface area contributed by atoms with Crippen molar-refractivity contribution >= 4 is 88.9 Å². The molecule has 0 radical (unpaired) electrons. The van der Waals surface area contributed by atoms with E-state index in [9.17, 15) is 57.8 Å². The molecule has 99 heavy (non-hydrogen) atoms. The zero-order valence-electron chi connectivity index (χ0n) is 58.8. The molecule has 37 nitrogen and oxygen atoms in total. The van der Waals surface area contributed by atoms with Gasteiger partial charge in [0, 0.05) is 32.6 Å². The molecular weight excluding hydrogens is 1290 g/mol. The van der Waals surface area contributed by atoms with E-state index in [0.717, 1.165) is 25.7 Å². The number of carboxylic acids is 1. The number of carboxylic acid groups (broad SMARTS) is 1. The summed E-state index contributed by atoms with van der Waals surface area (Å²) >= 11 is 0. The molecule has 33 N–H and O–H groups in total. The summed E-state index contributed by atoms with van der Waals surface area (Å²) in [5.41, 5.74) is 61.4. The predicted molar refractivity (Wildman–Crippen MR) is 379 cm³/mol. The van der Waals surface area contributed by atoms with E-state index < -0.39 is 132 Å². The van der Waals surface area contributed by atoms with Gasteiger partial charge in [0.15, 0.2) is 23.8 Å². The van der Waals surface area contributed by atoms with Crippen molar-refractivity contribution in [1.29, 1.82) is 0 Å². The van der Waals surface area contributed by atoms with E-state index in [1.807, 2.05) is 0 Å². The number of guanidine groups is 4. The smallest absolute Gasteiger partial charge is 0.326 e. The normalized spacial score (nSPS) is 13.7. The molecule has 0 saturated heterocycles. The Labute approximate surface area is 581 Å². The van der Waals surface area contributed by atoms with Crippen LogP contribution in [0.2, 0.25) is 0 Å². The molecular formula is C62H121N25O12. The summed E-state index contributed by atoms with van der Waals surface area (Å²) in [6.45, 7) is 8.98. The molecule has 9 atom stereocenters. The van der Waals surface area contributed by atoms with Crippen LogP contribution < -0.4 is 116 Å². The summed E-state index contributed by atoms with van der Waals surface area (Å²) in [5.74, 6) is -11.1. The van der Waals surface area contributed by atoms with Gasteiger partial charge in [-0.1, -0.05) is 60.3 Å². The van der Waals surface area contributed by atoms with Crippen LogP contribution in [0.25, 0.3) is 0 Å². The molecule has 0 unspecified atom stereocenters. The first-order chi connectivity index (χ1) is 46.9.